The average Bonchev–Trinajstić information content (AvgIpc) is 2.17. The molecule has 3 heteroatoms. The standard InChI is InChI=1S/C12H26N2O/c1-5-13-7-6-11(2)14-8-9-15-10-12(14,3)4/h11,13H,5-10H2,1-4H3. The van der Waals surface area contributed by atoms with Gasteiger partial charge in [-0.05, 0) is 40.3 Å². The van der Waals surface area contributed by atoms with Crippen LogP contribution in [0.15, 0.2) is 0 Å². The van der Waals surface area contributed by atoms with E-state index in [0.717, 1.165) is 32.8 Å². The van der Waals surface area contributed by atoms with Crippen LogP contribution >= 0.6 is 0 Å². The van der Waals surface area contributed by atoms with Crippen LogP contribution in [0, 0.1) is 0 Å². The third-order valence-corrected chi connectivity index (χ3v) is 3.23. The van der Waals surface area contributed by atoms with E-state index in [-0.39, 0.29) is 5.54 Å². The SMILES string of the molecule is CCNCCC(C)N1CCOCC1(C)C. The van der Waals surface area contributed by atoms with E-state index in [9.17, 15) is 0 Å². The normalized spacial score (nSPS) is 24.0. The van der Waals surface area contributed by atoms with E-state index in [1.165, 1.54) is 6.42 Å². The molecule has 0 bridgehead atoms. The van der Waals surface area contributed by atoms with E-state index in [4.69, 9.17) is 4.74 Å². The van der Waals surface area contributed by atoms with Crippen LogP contribution in [-0.2, 0) is 4.74 Å². The lowest BCUT2D eigenvalue weighted by Crippen LogP contribution is -2.56. The largest absolute Gasteiger partial charge is 0.378 e. The molecule has 3 nitrogen and oxygen atoms in total. The van der Waals surface area contributed by atoms with Crippen LogP contribution in [0.1, 0.15) is 34.1 Å². The summed E-state index contributed by atoms with van der Waals surface area (Å²) in [6.45, 7) is 14.0. The van der Waals surface area contributed by atoms with Crippen LogP contribution in [0.3, 0.4) is 0 Å². The van der Waals surface area contributed by atoms with Crippen molar-refractivity contribution in [2.45, 2.75) is 45.7 Å². The molecule has 0 spiro atoms. The Balaban J connectivity index is 2.38. The maximum atomic E-state index is 5.53. The highest BCUT2D eigenvalue weighted by Crippen LogP contribution is 2.22. The van der Waals surface area contributed by atoms with E-state index < -0.39 is 0 Å². The fraction of sp³-hybridized carbons (Fsp3) is 1.00. The lowest BCUT2D eigenvalue weighted by atomic mass is 9.99. The molecule has 0 aromatic carbocycles. The first kappa shape index (κ1) is 12.9. The second-order valence-electron chi connectivity index (χ2n) is 5.05. The van der Waals surface area contributed by atoms with E-state index in [0.29, 0.717) is 6.04 Å². The Morgan fingerprint density at radius 2 is 2.20 bits per heavy atom. The second kappa shape index (κ2) is 5.83. The number of ether oxygens (including phenoxy) is 1. The zero-order valence-electron chi connectivity index (χ0n) is 10.7. The highest BCUT2D eigenvalue weighted by Gasteiger charge is 2.33. The summed E-state index contributed by atoms with van der Waals surface area (Å²) >= 11 is 0. The van der Waals surface area contributed by atoms with Gasteiger partial charge in [-0.2, -0.15) is 0 Å². The first-order chi connectivity index (χ1) is 7.08. The summed E-state index contributed by atoms with van der Waals surface area (Å²) in [5, 5.41) is 3.39. The lowest BCUT2D eigenvalue weighted by molar-refractivity contribution is -0.0697. The van der Waals surface area contributed by atoms with Crippen LogP contribution < -0.4 is 5.32 Å². The van der Waals surface area contributed by atoms with Gasteiger partial charge in [-0.15, -0.1) is 0 Å². The third kappa shape index (κ3) is 3.74. The minimum absolute atomic E-state index is 0.198. The Morgan fingerprint density at radius 1 is 1.47 bits per heavy atom. The number of morpholine rings is 1. The molecule has 15 heavy (non-hydrogen) atoms. The molecule has 1 aliphatic rings. The minimum Gasteiger partial charge on any atom is -0.378 e. The first-order valence-corrected chi connectivity index (χ1v) is 6.13. The van der Waals surface area contributed by atoms with Crippen LogP contribution in [0.5, 0.6) is 0 Å². The van der Waals surface area contributed by atoms with E-state index in [1.807, 2.05) is 0 Å². The van der Waals surface area contributed by atoms with Crippen LogP contribution in [0.4, 0.5) is 0 Å². The van der Waals surface area contributed by atoms with Crippen molar-refractivity contribution in [2.24, 2.45) is 0 Å². The number of hydrogen-bond acceptors (Lipinski definition) is 3. The van der Waals surface area contributed by atoms with Crippen molar-refractivity contribution in [3.8, 4) is 0 Å². The van der Waals surface area contributed by atoms with Crippen molar-refractivity contribution < 1.29 is 4.74 Å². The maximum Gasteiger partial charge on any atom is 0.0645 e. The fourth-order valence-corrected chi connectivity index (χ4v) is 2.33. The van der Waals surface area contributed by atoms with Gasteiger partial charge in [-0.3, -0.25) is 4.90 Å². The monoisotopic (exact) mass is 214 g/mol. The summed E-state index contributed by atoms with van der Waals surface area (Å²) in [5.41, 5.74) is 0.198. The van der Waals surface area contributed by atoms with Crippen LogP contribution in [0.25, 0.3) is 0 Å². The molecule has 1 unspecified atom stereocenters. The molecule has 0 aromatic rings. The maximum absolute atomic E-state index is 5.53. The highest BCUT2D eigenvalue weighted by molar-refractivity contribution is 4.87. The molecule has 1 saturated heterocycles. The Bertz CT molecular complexity index is 182. The number of rotatable bonds is 5. The molecule has 1 rings (SSSR count). The van der Waals surface area contributed by atoms with Gasteiger partial charge in [0.2, 0.25) is 0 Å². The molecule has 0 radical (unpaired) electrons. The summed E-state index contributed by atoms with van der Waals surface area (Å²) in [6.07, 6.45) is 1.22. The van der Waals surface area contributed by atoms with Crippen molar-refractivity contribution in [1.82, 2.24) is 10.2 Å². The second-order valence-corrected chi connectivity index (χ2v) is 5.05. The van der Waals surface area contributed by atoms with Gasteiger partial charge in [0, 0.05) is 18.1 Å². The van der Waals surface area contributed by atoms with Gasteiger partial charge in [-0.1, -0.05) is 6.92 Å². The summed E-state index contributed by atoms with van der Waals surface area (Å²) < 4.78 is 5.53. The molecule has 0 aliphatic carbocycles. The average molecular weight is 214 g/mol. The predicted octanol–water partition coefficient (Wildman–Crippen LogP) is 1.49. The molecule has 0 saturated carbocycles. The van der Waals surface area contributed by atoms with Crippen molar-refractivity contribution in [2.75, 3.05) is 32.8 Å². The van der Waals surface area contributed by atoms with Gasteiger partial charge in [0.25, 0.3) is 0 Å². The van der Waals surface area contributed by atoms with Crippen LogP contribution in [0.2, 0.25) is 0 Å². The van der Waals surface area contributed by atoms with Gasteiger partial charge in [-0.25, -0.2) is 0 Å². The molecule has 1 atom stereocenters. The van der Waals surface area contributed by atoms with E-state index in [1.54, 1.807) is 0 Å². The summed E-state index contributed by atoms with van der Waals surface area (Å²) in [4.78, 5) is 2.58. The zero-order valence-corrected chi connectivity index (χ0v) is 10.7. The Hall–Kier alpha value is -0.120. The molecule has 1 fully saturated rings. The van der Waals surface area contributed by atoms with E-state index >= 15 is 0 Å². The summed E-state index contributed by atoms with van der Waals surface area (Å²) in [6, 6.07) is 0.642. The van der Waals surface area contributed by atoms with Crippen molar-refractivity contribution in [3.63, 3.8) is 0 Å². The molecule has 1 aliphatic heterocycles. The molecular weight excluding hydrogens is 188 g/mol. The highest BCUT2D eigenvalue weighted by atomic mass is 16.5. The number of nitrogens with one attached hydrogen (secondary N) is 1. The first-order valence-electron chi connectivity index (χ1n) is 6.13. The summed E-state index contributed by atoms with van der Waals surface area (Å²) in [7, 11) is 0. The predicted molar refractivity (Wildman–Crippen MR) is 64.2 cm³/mol. The molecule has 90 valence electrons. The fourth-order valence-electron chi connectivity index (χ4n) is 2.33. The Kier molecular flexibility index (Phi) is 5.03. The molecular formula is C12H26N2O. The number of hydrogen-bond donors (Lipinski definition) is 1. The van der Waals surface area contributed by atoms with Gasteiger partial charge in [0.1, 0.15) is 0 Å². The Labute approximate surface area is 94.2 Å². The smallest absolute Gasteiger partial charge is 0.0645 e. The molecule has 1 N–H and O–H groups in total. The molecule has 0 amide bonds. The third-order valence-electron chi connectivity index (χ3n) is 3.23. The number of nitrogens with zero attached hydrogens (tertiary/aromatic N) is 1. The quantitative estimate of drug-likeness (QED) is 0.702. The van der Waals surface area contributed by atoms with Crippen molar-refractivity contribution >= 4 is 0 Å². The van der Waals surface area contributed by atoms with Crippen molar-refractivity contribution in [1.29, 1.82) is 0 Å². The van der Waals surface area contributed by atoms with Gasteiger partial charge >= 0.3 is 0 Å². The molecule has 0 aromatic heterocycles. The van der Waals surface area contributed by atoms with Gasteiger partial charge in [0.05, 0.1) is 13.2 Å². The lowest BCUT2D eigenvalue weighted by Gasteiger charge is -2.45. The van der Waals surface area contributed by atoms with E-state index in [2.05, 4.69) is 37.9 Å². The van der Waals surface area contributed by atoms with Gasteiger partial charge in [0.15, 0.2) is 0 Å². The minimum atomic E-state index is 0.198. The zero-order chi connectivity index (χ0) is 11.3. The molecule has 1 heterocycles. The Morgan fingerprint density at radius 3 is 2.80 bits per heavy atom. The van der Waals surface area contributed by atoms with Crippen LogP contribution in [-0.4, -0.2) is 49.3 Å². The summed E-state index contributed by atoms with van der Waals surface area (Å²) in [5.74, 6) is 0. The topological polar surface area (TPSA) is 24.5 Å². The van der Waals surface area contributed by atoms with Crippen molar-refractivity contribution in [3.05, 3.63) is 0 Å². The van der Waals surface area contributed by atoms with Gasteiger partial charge < -0.3 is 10.1 Å².